The molecule has 2 aromatic carbocycles. The van der Waals surface area contributed by atoms with Gasteiger partial charge in [0, 0.05) is 24.2 Å². The summed E-state index contributed by atoms with van der Waals surface area (Å²) in [6.07, 6.45) is 0.140. The molecule has 0 saturated heterocycles. The lowest BCUT2D eigenvalue weighted by Gasteiger charge is -2.28. The van der Waals surface area contributed by atoms with Crippen molar-refractivity contribution in [1.29, 1.82) is 0 Å². The van der Waals surface area contributed by atoms with Crippen molar-refractivity contribution in [2.24, 2.45) is 5.92 Å². The average Bonchev–Trinajstić information content (AvgIpc) is 3.18. The van der Waals surface area contributed by atoms with Gasteiger partial charge < -0.3 is 10.4 Å². The molecule has 32 heavy (non-hydrogen) atoms. The van der Waals surface area contributed by atoms with E-state index in [1.54, 1.807) is 10.9 Å². The third kappa shape index (κ3) is 4.53. The van der Waals surface area contributed by atoms with Crippen LogP contribution in [0.25, 0.3) is 10.9 Å². The van der Waals surface area contributed by atoms with Crippen LogP contribution in [0.4, 0.5) is 22.0 Å². The van der Waals surface area contributed by atoms with Crippen molar-refractivity contribution in [2.45, 2.75) is 37.9 Å². The summed E-state index contributed by atoms with van der Waals surface area (Å²) >= 11 is 0. The Morgan fingerprint density at radius 1 is 1.09 bits per heavy atom. The monoisotopic (exact) mass is 453 g/mol. The number of carbonyl (C=O) groups excluding carboxylic acids is 1. The first kappa shape index (κ1) is 22.0. The van der Waals surface area contributed by atoms with Crippen LogP contribution in [-0.2, 0) is 6.18 Å². The van der Waals surface area contributed by atoms with Crippen molar-refractivity contribution >= 4 is 16.8 Å². The summed E-state index contributed by atoms with van der Waals surface area (Å²) in [5.41, 5.74) is -0.695. The smallest absolute Gasteiger partial charge is 0.416 e. The third-order valence-corrected chi connectivity index (χ3v) is 5.87. The molecule has 0 bridgehead atoms. The summed E-state index contributed by atoms with van der Waals surface area (Å²) in [5.74, 6) is -3.59. The highest BCUT2D eigenvalue weighted by atomic mass is 19.4. The van der Waals surface area contributed by atoms with Crippen LogP contribution in [0.5, 0.6) is 5.75 Å². The van der Waals surface area contributed by atoms with Crippen LogP contribution in [0.2, 0.25) is 0 Å². The number of nitrogens with one attached hydrogen (secondary N) is 1. The molecule has 1 amide bonds. The highest BCUT2D eigenvalue weighted by Gasteiger charge is 2.31. The molecule has 1 aliphatic rings. The van der Waals surface area contributed by atoms with Crippen LogP contribution in [0.1, 0.15) is 47.6 Å². The maximum Gasteiger partial charge on any atom is 0.416 e. The van der Waals surface area contributed by atoms with Crippen LogP contribution >= 0.6 is 0 Å². The summed E-state index contributed by atoms with van der Waals surface area (Å²) in [4.78, 5) is 12.2. The summed E-state index contributed by atoms with van der Waals surface area (Å²) in [5, 5.41) is 16.6. The normalized spacial score (nSPS) is 19.3. The van der Waals surface area contributed by atoms with E-state index in [2.05, 4.69) is 10.4 Å². The van der Waals surface area contributed by atoms with E-state index in [-0.39, 0.29) is 18.5 Å². The fourth-order valence-corrected chi connectivity index (χ4v) is 4.06. The van der Waals surface area contributed by atoms with Gasteiger partial charge in [0.15, 0.2) is 11.6 Å². The van der Waals surface area contributed by atoms with Gasteiger partial charge in [-0.25, -0.2) is 8.78 Å². The molecule has 3 aromatic rings. The molecule has 2 N–H and O–H groups in total. The second-order valence-electron chi connectivity index (χ2n) is 8.05. The zero-order valence-electron chi connectivity index (χ0n) is 16.8. The minimum atomic E-state index is -4.41. The molecule has 1 heterocycles. The standard InChI is InChI=1S/C22H20F5N3O2/c23-17-9-20(31)18(24)8-16(17)21(32)28-10-12-1-4-15(5-2-12)30-11-13-7-14(22(25,26)27)3-6-19(13)29-30/h3,6-9,11-12,15,31H,1-2,4-5,10H2,(H,28,32). The second-order valence-corrected chi connectivity index (χ2v) is 8.05. The van der Waals surface area contributed by atoms with E-state index < -0.39 is 40.6 Å². The lowest BCUT2D eigenvalue weighted by atomic mass is 9.86. The van der Waals surface area contributed by atoms with Gasteiger partial charge in [0.05, 0.1) is 22.7 Å². The molecule has 1 fully saturated rings. The average molecular weight is 453 g/mol. The molecule has 0 unspecified atom stereocenters. The van der Waals surface area contributed by atoms with E-state index in [0.717, 1.165) is 37.8 Å². The Morgan fingerprint density at radius 2 is 1.81 bits per heavy atom. The molecular weight excluding hydrogens is 433 g/mol. The second kappa shape index (κ2) is 8.40. The van der Waals surface area contributed by atoms with Crippen molar-refractivity contribution in [3.63, 3.8) is 0 Å². The number of hydrogen-bond acceptors (Lipinski definition) is 3. The molecule has 1 aliphatic carbocycles. The van der Waals surface area contributed by atoms with Gasteiger partial charge >= 0.3 is 6.18 Å². The van der Waals surface area contributed by atoms with Gasteiger partial charge in [-0.15, -0.1) is 0 Å². The Bertz CT molecular complexity index is 1150. The highest BCUT2D eigenvalue weighted by Crippen LogP contribution is 2.34. The van der Waals surface area contributed by atoms with E-state index in [0.29, 0.717) is 23.0 Å². The van der Waals surface area contributed by atoms with Crippen LogP contribution in [0.15, 0.2) is 36.5 Å². The molecule has 5 nitrogen and oxygen atoms in total. The number of amides is 1. The first-order chi connectivity index (χ1) is 15.1. The van der Waals surface area contributed by atoms with Crippen molar-refractivity contribution in [3.8, 4) is 5.75 Å². The fourth-order valence-electron chi connectivity index (χ4n) is 4.06. The summed E-state index contributed by atoms with van der Waals surface area (Å²) < 4.78 is 67.7. The number of hydrogen-bond donors (Lipinski definition) is 2. The predicted octanol–water partition coefficient (Wildman–Crippen LogP) is 5.20. The van der Waals surface area contributed by atoms with Gasteiger partial charge in [-0.3, -0.25) is 9.48 Å². The van der Waals surface area contributed by atoms with Gasteiger partial charge in [-0.05, 0) is 55.9 Å². The third-order valence-electron chi connectivity index (χ3n) is 5.87. The number of rotatable bonds is 4. The molecule has 4 rings (SSSR count). The molecule has 0 spiro atoms. The largest absolute Gasteiger partial charge is 0.505 e. The van der Waals surface area contributed by atoms with Crippen LogP contribution < -0.4 is 5.32 Å². The maximum absolute atomic E-state index is 13.8. The number of halogens is 5. The topological polar surface area (TPSA) is 67.2 Å². The number of alkyl halides is 3. The Kier molecular flexibility index (Phi) is 5.79. The van der Waals surface area contributed by atoms with E-state index in [1.807, 2.05) is 0 Å². The van der Waals surface area contributed by atoms with Gasteiger partial charge in [-0.1, -0.05) is 0 Å². The number of fused-ring (bicyclic) bond motifs is 1. The summed E-state index contributed by atoms with van der Waals surface area (Å²) in [6.45, 7) is 0.281. The summed E-state index contributed by atoms with van der Waals surface area (Å²) in [6, 6.07) is 4.71. The van der Waals surface area contributed by atoms with E-state index >= 15 is 0 Å². The number of aromatic nitrogens is 2. The number of benzene rings is 2. The Hall–Kier alpha value is -3.17. The molecule has 170 valence electrons. The van der Waals surface area contributed by atoms with E-state index in [9.17, 15) is 26.7 Å². The lowest BCUT2D eigenvalue weighted by molar-refractivity contribution is -0.137. The molecule has 0 aliphatic heterocycles. The summed E-state index contributed by atoms with van der Waals surface area (Å²) in [7, 11) is 0. The molecule has 1 aromatic heterocycles. The van der Waals surface area contributed by atoms with Crippen molar-refractivity contribution in [1.82, 2.24) is 15.1 Å². The number of phenols is 1. The zero-order valence-corrected chi connectivity index (χ0v) is 16.8. The Labute approximate surface area is 179 Å². The van der Waals surface area contributed by atoms with Gasteiger partial charge in [-0.2, -0.15) is 18.3 Å². The number of phenolic OH excluding ortho intramolecular Hbond substituents is 1. The zero-order chi connectivity index (χ0) is 23.0. The highest BCUT2D eigenvalue weighted by molar-refractivity contribution is 5.94. The van der Waals surface area contributed by atoms with Crippen LogP contribution in [0, 0.1) is 17.6 Å². The number of carbonyl (C=O) groups is 1. The molecule has 1 saturated carbocycles. The van der Waals surface area contributed by atoms with Gasteiger partial charge in [0.2, 0.25) is 0 Å². The minimum absolute atomic E-state index is 0.0346. The van der Waals surface area contributed by atoms with Crippen LogP contribution in [-0.4, -0.2) is 27.3 Å². The van der Waals surface area contributed by atoms with Crippen molar-refractivity contribution in [3.05, 3.63) is 59.3 Å². The fraction of sp³-hybridized carbons (Fsp3) is 0.364. The van der Waals surface area contributed by atoms with Crippen molar-refractivity contribution < 1.29 is 31.9 Å². The van der Waals surface area contributed by atoms with Gasteiger partial charge in [0.25, 0.3) is 5.91 Å². The van der Waals surface area contributed by atoms with Crippen LogP contribution in [0.3, 0.4) is 0 Å². The maximum atomic E-state index is 13.8. The first-order valence-electron chi connectivity index (χ1n) is 10.1. The van der Waals surface area contributed by atoms with Gasteiger partial charge in [0.1, 0.15) is 5.82 Å². The quantitative estimate of drug-likeness (QED) is 0.534. The Balaban J connectivity index is 1.34. The number of nitrogens with zero attached hydrogens (tertiary/aromatic N) is 2. The predicted molar refractivity (Wildman–Crippen MR) is 106 cm³/mol. The molecule has 10 heteroatoms. The molecule has 0 radical (unpaired) electrons. The molecule has 0 atom stereocenters. The molecular formula is C22H20F5N3O2. The SMILES string of the molecule is O=C(NCC1CCC(n2cc3cc(C(F)(F)F)ccc3n2)CC1)c1cc(F)c(O)cc1F. The van der Waals surface area contributed by atoms with E-state index in [1.165, 1.54) is 6.07 Å². The lowest BCUT2D eigenvalue weighted by Crippen LogP contribution is -2.32. The van der Waals surface area contributed by atoms with E-state index in [4.69, 9.17) is 5.11 Å². The van der Waals surface area contributed by atoms with Crippen molar-refractivity contribution in [2.75, 3.05) is 6.54 Å². The number of aromatic hydroxyl groups is 1. The minimum Gasteiger partial charge on any atom is -0.505 e. The Morgan fingerprint density at radius 3 is 2.50 bits per heavy atom. The first-order valence-corrected chi connectivity index (χ1v) is 10.1.